The van der Waals surface area contributed by atoms with Gasteiger partial charge in [0.05, 0.1) is 6.42 Å². The number of rotatable bonds is 5. The van der Waals surface area contributed by atoms with E-state index in [2.05, 4.69) is 17.1 Å². The Morgan fingerprint density at radius 3 is 2.60 bits per heavy atom. The van der Waals surface area contributed by atoms with Crippen molar-refractivity contribution in [3.8, 4) is 11.4 Å². The topological polar surface area (TPSA) is 55.1 Å². The Labute approximate surface area is 118 Å². The number of carboxylic acids is 1. The average molecular weight is 270 g/mol. The smallest absolute Gasteiger partial charge is 0.303 e. The molecule has 4 nitrogen and oxygen atoms in total. The first-order chi connectivity index (χ1) is 9.65. The molecule has 4 heteroatoms. The third kappa shape index (κ3) is 2.59. The third-order valence-electron chi connectivity index (χ3n) is 4.00. The molecule has 0 saturated heterocycles. The van der Waals surface area contributed by atoms with Crippen molar-refractivity contribution in [2.75, 3.05) is 0 Å². The summed E-state index contributed by atoms with van der Waals surface area (Å²) in [5.41, 5.74) is 2.19. The zero-order valence-corrected chi connectivity index (χ0v) is 11.5. The summed E-state index contributed by atoms with van der Waals surface area (Å²) in [6, 6.07) is 8.18. The third-order valence-corrected chi connectivity index (χ3v) is 4.00. The van der Waals surface area contributed by atoms with E-state index in [1.54, 1.807) is 6.20 Å². The minimum absolute atomic E-state index is 0.155. The Bertz CT molecular complexity index is 612. The summed E-state index contributed by atoms with van der Waals surface area (Å²) in [4.78, 5) is 15.3. The highest BCUT2D eigenvalue weighted by Gasteiger charge is 2.33. The van der Waals surface area contributed by atoms with Crippen LogP contribution in [0.4, 0.5) is 0 Å². The van der Waals surface area contributed by atoms with Crippen LogP contribution in [-0.4, -0.2) is 20.6 Å². The fourth-order valence-electron chi connectivity index (χ4n) is 2.77. The van der Waals surface area contributed by atoms with E-state index in [0.29, 0.717) is 5.92 Å². The zero-order chi connectivity index (χ0) is 14.1. The molecular weight excluding hydrogens is 252 g/mol. The summed E-state index contributed by atoms with van der Waals surface area (Å²) in [5, 5.41) is 9.05. The number of carboxylic acid groups (broad SMARTS) is 1. The minimum atomic E-state index is -0.713. The molecule has 1 N–H and O–H groups in total. The van der Waals surface area contributed by atoms with Crippen molar-refractivity contribution >= 4 is 5.97 Å². The summed E-state index contributed by atoms with van der Waals surface area (Å²) < 4.78 is 1.98. The number of aromatic nitrogens is 2. The van der Waals surface area contributed by atoms with Crippen LogP contribution in [0.25, 0.3) is 11.4 Å². The number of hydrogen-bond donors (Lipinski definition) is 1. The summed E-state index contributed by atoms with van der Waals surface area (Å²) in [5.74, 6) is 0.917. The van der Waals surface area contributed by atoms with Gasteiger partial charge in [0.15, 0.2) is 0 Å². The number of imidazole rings is 1. The Hall–Kier alpha value is -2.10. The van der Waals surface area contributed by atoms with Crippen molar-refractivity contribution in [1.29, 1.82) is 0 Å². The molecule has 1 saturated carbocycles. The lowest BCUT2D eigenvalue weighted by atomic mass is 9.90. The van der Waals surface area contributed by atoms with Crippen LogP contribution in [0.15, 0.2) is 36.7 Å². The van der Waals surface area contributed by atoms with Gasteiger partial charge in [0.2, 0.25) is 0 Å². The Morgan fingerprint density at radius 1 is 1.40 bits per heavy atom. The second kappa shape index (κ2) is 5.12. The van der Waals surface area contributed by atoms with Crippen LogP contribution in [0.5, 0.6) is 0 Å². The van der Waals surface area contributed by atoms with E-state index in [4.69, 9.17) is 5.11 Å². The van der Waals surface area contributed by atoms with E-state index in [9.17, 15) is 4.79 Å². The van der Waals surface area contributed by atoms with Gasteiger partial charge in [0, 0.05) is 25.0 Å². The van der Waals surface area contributed by atoms with E-state index in [0.717, 1.165) is 29.8 Å². The van der Waals surface area contributed by atoms with Crippen LogP contribution >= 0.6 is 0 Å². The molecule has 1 fully saturated rings. The number of nitrogens with zero attached hydrogens (tertiary/aromatic N) is 2. The molecule has 104 valence electrons. The molecule has 0 aliphatic heterocycles. The highest BCUT2D eigenvalue weighted by molar-refractivity contribution is 5.68. The van der Waals surface area contributed by atoms with Gasteiger partial charge in [-0.1, -0.05) is 24.3 Å². The predicted octanol–water partition coefficient (Wildman–Crippen LogP) is 3.06. The highest BCUT2D eigenvalue weighted by Crippen LogP contribution is 2.44. The molecule has 1 heterocycles. The molecular formula is C16H18N2O2. The minimum Gasteiger partial charge on any atom is -0.481 e. The van der Waals surface area contributed by atoms with Gasteiger partial charge in [0.1, 0.15) is 5.82 Å². The van der Waals surface area contributed by atoms with Crippen LogP contribution in [0.1, 0.15) is 30.7 Å². The van der Waals surface area contributed by atoms with Crippen molar-refractivity contribution < 1.29 is 9.90 Å². The van der Waals surface area contributed by atoms with Gasteiger partial charge in [-0.2, -0.15) is 0 Å². The molecule has 0 amide bonds. The normalized spacial score (nSPS) is 16.1. The van der Waals surface area contributed by atoms with Crippen LogP contribution in [0, 0.1) is 5.92 Å². The van der Waals surface area contributed by atoms with Crippen molar-refractivity contribution in [1.82, 2.24) is 9.55 Å². The molecule has 0 spiro atoms. The first kappa shape index (κ1) is 12.9. The molecule has 0 radical (unpaired) electrons. The molecule has 1 atom stereocenters. The van der Waals surface area contributed by atoms with E-state index >= 15 is 0 Å². The number of hydrogen-bond acceptors (Lipinski definition) is 2. The average Bonchev–Trinajstić information content (AvgIpc) is 3.18. The Morgan fingerprint density at radius 2 is 2.10 bits per heavy atom. The lowest BCUT2D eigenvalue weighted by Crippen LogP contribution is -2.08. The molecule has 1 aliphatic rings. The van der Waals surface area contributed by atoms with E-state index < -0.39 is 5.97 Å². The molecule has 2 aromatic rings. The monoisotopic (exact) mass is 270 g/mol. The van der Waals surface area contributed by atoms with Crippen LogP contribution in [0.2, 0.25) is 0 Å². The lowest BCUT2D eigenvalue weighted by molar-refractivity contribution is -0.137. The molecule has 0 bridgehead atoms. The van der Waals surface area contributed by atoms with Crippen molar-refractivity contribution in [2.24, 2.45) is 13.0 Å². The fourth-order valence-corrected chi connectivity index (χ4v) is 2.77. The molecule has 1 aromatic carbocycles. The predicted molar refractivity (Wildman–Crippen MR) is 76.4 cm³/mol. The van der Waals surface area contributed by atoms with Crippen LogP contribution in [0.3, 0.4) is 0 Å². The van der Waals surface area contributed by atoms with Crippen molar-refractivity contribution in [2.45, 2.75) is 25.2 Å². The molecule has 3 rings (SSSR count). The van der Waals surface area contributed by atoms with Gasteiger partial charge < -0.3 is 9.67 Å². The van der Waals surface area contributed by atoms with Gasteiger partial charge in [-0.05, 0) is 30.2 Å². The van der Waals surface area contributed by atoms with E-state index in [-0.39, 0.29) is 12.3 Å². The van der Waals surface area contributed by atoms with E-state index in [1.165, 1.54) is 0 Å². The second-order valence-corrected chi connectivity index (χ2v) is 5.53. The standard InChI is InChI=1S/C16H18N2O2/c1-18-9-8-17-16(18)13-6-4-12(5-7-13)14(10-15(19)20)11-2-3-11/h4-9,11,14H,2-3,10H2,1H3,(H,19,20). The second-order valence-electron chi connectivity index (χ2n) is 5.53. The number of aliphatic carboxylic acids is 1. The maximum Gasteiger partial charge on any atom is 0.303 e. The largest absolute Gasteiger partial charge is 0.481 e. The maximum atomic E-state index is 11.0. The Balaban J connectivity index is 1.84. The summed E-state index contributed by atoms with van der Waals surface area (Å²) in [6.07, 6.45) is 6.23. The lowest BCUT2D eigenvalue weighted by Gasteiger charge is -2.15. The maximum absolute atomic E-state index is 11.0. The Kier molecular flexibility index (Phi) is 3.30. The van der Waals surface area contributed by atoms with Gasteiger partial charge in [0.25, 0.3) is 0 Å². The van der Waals surface area contributed by atoms with Crippen molar-refractivity contribution in [3.63, 3.8) is 0 Å². The van der Waals surface area contributed by atoms with Crippen LogP contribution < -0.4 is 0 Å². The quantitative estimate of drug-likeness (QED) is 0.908. The first-order valence-electron chi connectivity index (χ1n) is 6.94. The highest BCUT2D eigenvalue weighted by atomic mass is 16.4. The summed E-state index contributed by atoms with van der Waals surface area (Å²) >= 11 is 0. The fraction of sp³-hybridized carbons (Fsp3) is 0.375. The molecule has 1 unspecified atom stereocenters. The number of aryl methyl sites for hydroxylation is 1. The number of carbonyl (C=O) groups is 1. The van der Waals surface area contributed by atoms with Gasteiger partial charge in [-0.25, -0.2) is 4.98 Å². The molecule has 1 aliphatic carbocycles. The molecule has 20 heavy (non-hydrogen) atoms. The van der Waals surface area contributed by atoms with Crippen LogP contribution in [-0.2, 0) is 11.8 Å². The van der Waals surface area contributed by atoms with Crippen molar-refractivity contribution in [3.05, 3.63) is 42.2 Å². The first-order valence-corrected chi connectivity index (χ1v) is 6.94. The zero-order valence-electron chi connectivity index (χ0n) is 11.5. The van der Waals surface area contributed by atoms with E-state index in [1.807, 2.05) is 29.9 Å². The van der Waals surface area contributed by atoms with Gasteiger partial charge in [-0.3, -0.25) is 4.79 Å². The van der Waals surface area contributed by atoms with Gasteiger partial charge >= 0.3 is 5.97 Å². The van der Waals surface area contributed by atoms with Gasteiger partial charge in [-0.15, -0.1) is 0 Å². The number of benzene rings is 1. The molecule has 1 aromatic heterocycles. The SMILES string of the molecule is Cn1ccnc1-c1ccc(C(CC(=O)O)C2CC2)cc1. The summed E-state index contributed by atoms with van der Waals surface area (Å²) in [7, 11) is 1.97. The summed E-state index contributed by atoms with van der Waals surface area (Å²) in [6.45, 7) is 0.